The van der Waals surface area contributed by atoms with Gasteiger partial charge in [-0.1, -0.05) is 30.3 Å². The van der Waals surface area contributed by atoms with Gasteiger partial charge in [0.05, 0.1) is 10.6 Å². The number of fused-ring (bicyclic) bond motifs is 2. The molecule has 0 aliphatic heterocycles. The zero-order valence-corrected chi connectivity index (χ0v) is 11.4. The van der Waals surface area contributed by atoms with E-state index in [1.807, 2.05) is 42.5 Å². The summed E-state index contributed by atoms with van der Waals surface area (Å²) in [5.41, 5.74) is 2.17. The van der Waals surface area contributed by atoms with Crippen molar-refractivity contribution in [3.63, 3.8) is 0 Å². The minimum atomic E-state index is 0.0769. The first-order chi connectivity index (χ1) is 9.81. The molecule has 4 aromatic rings. The van der Waals surface area contributed by atoms with E-state index in [2.05, 4.69) is 17.1 Å². The van der Waals surface area contributed by atoms with Gasteiger partial charge < -0.3 is 4.98 Å². The maximum absolute atomic E-state index is 12.2. The summed E-state index contributed by atoms with van der Waals surface area (Å²) < 4.78 is 1.02. The molecule has 0 aliphatic carbocycles. The Labute approximate surface area is 119 Å². The fourth-order valence-electron chi connectivity index (χ4n) is 2.44. The summed E-state index contributed by atoms with van der Waals surface area (Å²) in [7, 11) is 0. The first-order valence-corrected chi connectivity index (χ1v) is 7.24. The van der Waals surface area contributed by atoms with Crippen LogP contribution in [-0.4, -0.2) is 4.98 Å². The molecular weight excluding hydrogens is 266 g/mol. The van der Waals surface area contributed by atoms with Crippen LogP contribution in [0, 0.1) is 0 Å². The summed E-state index contributed by atoms with van der Waals surface area (Å²) in [4.78, 5) is 16.5. The van der Waals surface area contributed by atoms with Crippen molar-refractivity contribution in [2.75, 3.05) is 0 Å². The number of hydrogen-bond acceptors (Lipinski definition) is 2. The van der Waals surface area contributed by atoms with Gasteiger partial charge in [0, 0.05) is 27.1 Å². The number of benzene rings is 2. The molecule has 1 N–H and O–H groups in total. The minimum absolute atomic E-state index is 0.0769. The molecule has 0 bridgehead atoms. The minimum Gasteiger partial charge on any atom is -0.354 e. The normalized spacial score (nSPS) is 11.2. The van der Waals surface area contributed by atoms with Crippen molar-refractivity contribution >= 4 is 32.3 Å². The predicted octanol–water partition coefficient (Wildman–Crippen LogP) is 4.41. The summed E-state index contributed by atoms with van der Waals surface area (Å²) >= 11 is 1.64. The molecule has 4 rings (SSSR count). The predicted molar refractivity (Wildman–Crippen MR) is 85.4 cm³/mol. The van der Waals surface area contributed by atoms with Crippen molar-refractivity contribution in [3.8, 4) is 10.6 Å². The molecule has 0 radical (unpaired) electrons. The van der Waals surface area contributed by atoms with Gasteiger partial charge >= 0.3 is 0 Å². The number of aromatic nitrogens is 1. The molecule has 20 heavy (non-hydrogen) atoms. The quantitative estimate of drug-likeness (QED) is 0.549. The molecule has 0 unspecified atom stereocenters. The van der Waals surface area contributed by atoms with Gasteiger partial charge in [-0.2, -0.15) is 0 Å². The maximum Gasteiger partial charge on any atom is 0.188 e. The van der Waals surface area contributed by atoms with E-state index in [9.17, 15) is 4.79 Å². The zero-order chi connectivity index (χ0) is 13.5. The summed E-state index contributed by atoms with van der Waals surface area (Å²) in [6, 6.07) is 19.7. The molecule has 0 spiro atoms. The second-order valence-corrected chi connectivity index (χ2v) is 5.83. The lowest BCUT2D eigenvalue weighted by Crippen LogP contribution is -1.98. The number of para-hydroxylation sites is 1. The van der Waals surface area contributed by atoms with Crippen LogP contribution < -0.4 is 5.43 Å². The third-order valence-corrected chi connectivity index (χ3v) is 4.56. The highest BCUT2D eigenvalue weighted by atomic mass is 32.1. The van der Waals surface area contributed by atoms with E-state index in [0.29, 0.717) is 0 Å². The molecule has 0 atom stereocenters. The van der Waals surface area contributed by atoms with Gasteiger partial charge in [0.1, 0.15) is 0 Å². The lowest BCUT2D eigenvalue weighted by Gasteiger charge is -1.99. The molecule has 3 heteroatoms. The number of aromatic amines is 1. The second-order valence-electron chi connectivity index (χ2n) is 4.74. The summed E-state index contributed by atoms with van der Waals surface area (Å²) in [5.74, 6) is 0. The average Bonchev–Trinajstić information content (AvgIpc) is 2.91. The second kappa shape index (κ2) is 4.32. The van der Waals surface area contributed by atoms with E-state index in [1.54, 1.807) is 17.4 Å². The Kier molecular flexibility index (Phi) is 2.47. The monoisotopic (exact) mass is 277 g/mol. The summed E-state index contributed by atoms with van der Waals surface area (Å²) in [6.07, 6.45) is 0. The molecule has 2 heterocycles. The molecular formula is C17H11NOS. The highest BCUT2D eigenvalue weighted by Gasteiger charge is 2.07. The van der Waals surface area contributed by atoms with E-state index in [4.69, 9.17) is 0 Å². The van der Waals surface area contributed by atoms with Gasteiger partial charge in [-0.25, -0.2) is 0 Å². The van der Waals surface area contributed by atoms with Crippen LogP contribution in [0.25, 0.3) is 31.6 Å². The van der Waals surface area contributed by atoms with E-state index in [1.165, 1.54) is 0 Å². The van der Waals surface area contributed by atoms with Crippen molar-refractivity contribution in [1.82, 2.24) is 4.98 Å². The Morgan fingerprint density at radius 2 is 1.70 bits per heavy atom. The fourth-order valence-corrected chi connectivity index (χ4v) is 3.49. The largest absolute Gasteiger partial charge is 0.354 e. The van der Waals surface area contributed by atoms with Crippen LogP contribution in [0.2, 0.25) is 0 Å². The molecule has 0 saturated carbocycles. The smallest absolute Gasteiger partial charge is 0.188 e. The highest BCUT2D eigenvalue weighted by molar-refractivity contribution is 7.21. The van der Waals surface area contributed by atoms with Gasteiger partial charge in [-0.3, -0.25) is 4.79 Å². The molecule has 0 saturated heterocycles. The van der Waals surface area contributed by atoms with Crippen molar-refractivity contribution < 1.29 is 0 Å². The molecule has 0 aliphatic rings. The van der Waals surface area contributed by atoms with Crippen LogP contribution in [0.5, 0.6) is 0 Å². The van der Waals surface area contributed by atoms with Crippen LogP contribution in [0.3, 0.4) is 0 Å². The topological polar surface area (TPSA) is 32.9 Å². The number of H-pyrrole nitrogens is 1. The lowest BCUT2D eigenvalue weighted by molar-refractivity contribution is 1.47. The van der Waals surface area contributed by atoms with E-state index >= 15 is 0 Å². The molecule has 96 valence electrons. The van der Waals surface area contributed by atoms with E-state index < -0.39 is 0 Å². The van der Waals surface area contributed by atoms with Gasteiger partial charge in [-0.05, 0) is 24.3 Å². The molecule has 0 amide bonds. The Morgan fingerprint density at radius 1 is 0.900 bits per heavy atom. The Balaban J connectivity index is 1.99. The van der Waals surface area contributed by atoms with Gasteiger partial charge in [0.25, 0.3) is 0 Å². The molecule has 2 nitrogen and oxygen atoms in total. The standard InChI is InChI=1S/C17H11NOS/c19-15-10-17(20-16-8-4-2-6-12(15)16)14-9-11-5-1-3-7-13(11)18-14/h1-10,18H. The van der Waals surface area contributed by atoms with E-state index in [-0.39, 0.29) is 5.43 Å². The van der Waals surface area contributed by atoms with Gasteiger partial charge in [0.2, 0.25) is 0 Å². The number of hydrogen-bond donors (Lipinski definition) is 1. The summed E-state index contributed by atoms with van der Waals surface area (Å²) in [6.45, 7) is 0. The van der Waals surface area contributed by atoms with Crippen LogP contribution in [0.15, 0.2) is 65.5 Å². The Hall–Kier alpha value is -2.39. The highest BCUT2D eigenvalue weighted by Crippen LogP contribution is 2.29. The molecule has 0 fully saturated rings. The van der Waals surface area contributed by atoms with Crippen LogP contribution in [0.4, 0.5) is 0 Å². The van der Waals surface area contributed by atoms with Crippen LogP contribution >= 0.6 is 11.3 Å². The zero-order valence-electron chi connectivity index (χ0n) is 10.6. The van der Waals surface area contributed by atoms with Crippen LogP contribution in [-0.2, 0) is 0 Å². The Bertz CT molecular complexity index is 948. The van der Waals surface area contributed by atoms with Crippen molar-refractivity contribution in [2.24, 2.45) is 0 Å². The Morgan fingerprint density at radius 3 is 2.60 bits per heavy atom. The average molecular weight is 277 g/mol. The van der Waals surface area contributed by atoms with Gasteiger partial charge in [-0.15, -0.1) is 11.3 Å². The van der Waals surface area contributed by atoms with Crippen molar-refractivity contribution in [2.45, 2.75) is 0 Å². The fraction of sp³-hybridized carbons (Fsp3) is 0. The lowest BCUT2D eigenvalue weighted by atomic mass is 10.2. The van der Waals surface area contributed by atoms with Gasteiger partial charge in [0.15, 0.2) is 5.43 Å². The third kappa shape index (κ3) is 1.75. The first kappa shape index (κ1) is 11.4. The number of rotatable bonds is 1. The van der Waals surface area contributed by atoms with Crippen LogP contribution in [0.1, 0.15) is 0 Å². The van der Waals surface area contributed by atoms with Crippen molar-refractivity contribution in [3.05, 3.63) is 70.9 Å². The number of nitrogens with one attached hydrogen (secondary N) is 1. The summed E-state index contributed by atoms with van der Waals surface area (Å²) in [5, 5.41) is 1.95. The first-order valence-electron chi connectivity index (χ1n) is 6.42. The maximum atomic E-state index is 12.2. The van der Waals surface area contributed by atoms with E-state index in [0.717, 1.165) is 31.6 Å². The third-order valence-electron chi connectivity index (χ3n) is 3.43. The molecule has 2 aromatic heterocycles. The molecule has 2 aromatic carbocycles. The SMILES string of the molecule is O=c1cc(-c2cc3ccccc3[nH]2)sc2ccccc12. The van der Waals surface area contributed by atoms with Crippen molar-refractivity contribution in [1.29, 1.82) is 0 Å².